The van der Waals surface area contributed by atoms with Crippen LogP contribution in [0, 0.1) is 11.8 Å². The zero-order valence-electron chi connectivity index (χ0n) is 39.1. The second-order valence-corrected chi connectivity index (χ2v) is 18.2. The Kier molecular flexibility index (Phi) is 25.6. The van der Waals surface area contributed by atoms with Crippen LogP contribution in [0.15, 0.2) is 30.3 Å². The maximum absolute atomic E-state index is 14.4. The molecule has 0 radical (unpaired) electrons. The van der Waals surface area contributed by atoms with Crippen LogP contribution in [0.2, 0.25) is 0 Å². The Labute approximate surface area is 400 Å². The van der Waals surface area contributed by atoms with Gasteiger partial charge in [0.1, 0.15) is 36.3 Å². The average Bonchev–Trinajstić information content (AvgIpc) is 3.27. The summed E-state index contributed by atoms with van der Waals surface area (Å²) in [6, 6.07) is 0.532. The predicted molar refractivity (Wildman–Crippen MR) is 250 cm³/mol. The normalized spacial score (nSPS) is 21.0. The summed E-state index contributed by atoms with van der Waals surface area (Å²) >= 11 is 1.21. The molecule has 14 N–H and O–H groups in total. The number of carbonyl (C=O) groups excluding carboxylic acids is 11. The third-order valence-corrected chi connectivity index (χ3v) is 11.8. The number of aliphatic hydroxyl groups is 1. The summed E-state index contributed by atoms with van der Waals surface area (Å²) in [7, 11) is 0. The lowest BCUT2D eigenvalue weighted by atomic mass is 9.96. The minimum atomic E-state index is -1.75. The monoisotopic (exact) mass is 975 g/mol. The maximum Gasteiger partial charge on any atom is 0.245 e. The fourth-order valence-corrected chi connectivity index (χ4v) is 7.88. The molecule has 1 aromatic carbocycles. The van der Waals surface area contributed by atoms with Gasteiger partial charge in [-0.15, -0.1) is 0 Å². The Morgan fingerprint density at radius 3 is 2.06 bits per heavy atom. The van der Waals surface area contributed by atoms with Crippen molar-refractivity contribution in [1.82, 2.24) is 42.1 Å². The highest BCUT2D eigenvalue weighted by atomic mass is 32.2. The Morgan fingerprint density at radius 1 is 0.809 bits per heavy atom. The molecule has 23 nitrogen and oxygen atoms in total. The summed E-state index contributed by atoms with van der Waals surface area (Å²) in [5, 5.41) is 27.6. The van der Waals surface area contributed by atoms with E-state index in [0.29, 0.717) is 12.0 Å². The molecule has 68 heavy (non-hydrogen) atoms. The molecule has 378 valence electrons. The van der Waals surface area contributed by atoms with Gasteiger partial charge < -0.3 is 64.4 Å². The molecule has 0 bridgehead atoms. The Balaban J connectivity index is 2.62. The van der Waals surface area contributed by atoms with Crippen LogP contribution in [-0.4, -0.2) is 149 Å². The molecule has 7 atom stereocenters. The maximum atomic E-state index is 14.4. The molecule has 0 aliphatic carbocycles. The molecule has 1 heterocycles. The van der Waals surface area contributed by atoms with Gasteiger partial charge in [0.25, 0.3) is 0 Å². The summed E-state index contributed by atoms with van der Waals surface area (Å²) in [5.74, 6) is -9.51. The van der Waals surface area contributed by atoms with Gasteiger partial charge in [-0.05, 0) is 48.8 Å². The van der Waals surface area contributed by atoms with Gasteiger partial charge in [0.15, 0.2) is 0 Å². The number of thioether (sulfide) groups is 1. The van der Waals surface area contributed by atoms with Gasteiger partial charge in [-0.25, -0.2) is 0 Å². The number of rotatable bonds is 21. The van der Waals surface area contributed by atoms with Gasteiger partial charge >= 0.3 is 0 Å². The smallest absolute Gasteiger partial charge is 0.245 e. The van der Waals surface area contributed by atoms with E-state index in [1.165, 1.54) is 11.8 Å². The minimum Gasteiger partial charge on any atom is -0.396 e. The average molecular weight is 976 g/mol. The number of aliphatic hydroxyl groups excluding tert-OH is 1. The van der Waals surface area contributed by atoms with Crippen LogP contribution >= 0.6 is 11.8 Å². The lowest BCUT2D eigenvalue weighted by Gasteiger charge is -2.30. The van der Waals surface area contributed by atoms with E-state index in [1.54, 1.807) is 58.0 Å². The van der Waals surface area contributed by atoms with Gasteiger partial charge in [-0.2, -0.15) is 11.8 Å². The summed E-state index contributed by atoms with van der Waals surface area (Å²) < 4.78 is 0. The molecular formula is C44H69N11O12S. The minimum absolute atomic E-state index is 0.0159. The quantitative estimate of drug-likeness (QED) is 0.0576. The number of primary amides is 3. The largest absolute Gasteiger partial charge is 0.396 e. The van der Waals surface area contributed by atoms with Gasteiger partial charge in [0.2, 0.25) is 65.0 Å². The Hall–Kier alpha value is -6.30. The lowest BCUT2D eigenvalue weighted by molar-refractivity contribution is -0.141. The first-order valence-corrected chi connectivity index (χ1v) is 23.7. The summed E-state index contributed by atoms with van der Waals surface area (Å²) in [6.07, 6.45) is -1.25. The Morgan fingerprint density at radius 2 is 1.46 bits per heavy atom. The number of nitrogens with two attached hydrogens (primary N) is 3. The summed E-state index contributed by atoms with van der Waals surface area (Å²) in [4.78, 5) is 147. The van der Waals surface area contributed by atoms with E-state index in [-0.39, 0.29) is 62.5 Å². The van der Waals surface area contributed by atoms with Crippen molar-refractivity contribution in [2.24, 2.45) is 29.0 Å². The molecule has 11 amide bonds. The fraction of sp³-hybridized carbons (Fsp3) is 0.614. The van der Waals surface area contributed by atoms with E-state index in [9.17, 15) is 57.8 Å². The highest BCUT2D eigenvalue weighted by Gasteiger charge is 2.36. The number of nitrogens with zero attached hydrogens (tertiary/aromatic N) is 1. The zero-order valence-corrected chi connectivity index (χ0v) is 40.0. The SMILES string of the molecule is CC[C@H](C)[C@@H]1NC(=O)[C@H](Cc2ccccc2)NC(=O)CCSCC[C@@H](C(=O)N(CCCO)CC(=O)N[C@@H](CC(C)C)C(=O)NCC(N)=O)NC(=O)[C@H](CC(N)=O)NC(=O)[C@H](CCC(N)=O)NC1=O. The third kappa shape index (κ3) is 21.6. The van der Waals surface area contributed by atoms with Crippen LogP contribution in [0.5, 0.6) is 0 Å². The van der Waals surface area contributed by atoms with Crippen LogP contribution in [-0.2, 0) is 59.2 Å². The van der Waals surface area contributed by atoms with Gasteiger partial charge in [0.05, 0.1) is 19.5 Å². The highest BCUT2D eigenvalue weighted by molar-refractivity contribution is 7.99. The molecule has 1 aliphatic rings. The van der Waals surface area contributed by atoms with E-state index >= 15 is 0 Å². The highest BCUT2D eigenvalue weighted by Crippen LogP contribution is 2.15. The van der Waals surface area contributed by atoms with Crippen LogP contribution in [0.1, 0.15) is 84.6 Å². The molecule has 24 heteroatoms. The van der Waals surface area contributed by atoms with Crippen LogP contribution in [0.25, 0.3) is 0 Å². The molecular weight excluding hydrogens is 907 g/mol. The van der Waals surface area contributed by atoms with E-state index in [0.717, 1.165) is 4.90 Å². The lowest BCUT2D eigenvalue weighted by Crippen LogP contribution is -2.61. The zero-order chi connectivity index (χ0) is 50.9. The van der Waals surface area contributed by atoms with Crippen LogP contribution in [0.3, 0.4) is 0 Å². The number of carbonyl (C=O) groups is 11. The molecule has 0 spiro atoms. The third-order valence-electron chi connectivity index (χ3n) is 10.7. The number of hydrogen-bond acceptors (Lipinski definition) is 13. The molecule has 1 aromatic rings. The molecule has 1 fully saturated rings. The number of benzene rings is 1. The van der Waals surface area contributed by atoms with Crippen LogP contribution in [0.4, 0.5) is 0 Å². The standard InChI is InChI=1S/C44H69N11O12S/c1-5-26(4)38-43(66)51-28(12-13-33(45)57)40(63)53-32(22-34(46)58)41(64)52-29(14-18-68-19-15-36(60)49-31(42(65)54-38)21-27-10-7-6-8-11-27)44(67)55(16-9-17-56)24-37(61)50-30(20-25(2)3)39(62)48-23-35(47)59/h6-8,10-11,25-26,28-32,38,56H,5,9,12-24H2,1-4H3,(H2,45,57)(H2,46,58)(H2,47,59)(H,48,62)(H,49,60)(H,50,61)(H,51,66)(H,52,64)(H,53,63)(H,54,65)/t26-,28-,29-,30-,31-,32-,38-/m0/s1. The van der Waals surface area contributed by atoms with Crippen molar-refractivity contribution in [3.05, 3.63) is 35.9 Å². The van der Waals surface area contributed by atoms with Gasteiger partial charge in [-0.3, -0.25) is 52.7 Å². The molecule has 0 unspecified atom stereocenters. The van der Waals surface area contributed by atoms with E-state index < -0.39 is 140 Å². The topological polar surface area (TPSA) is 374 Å². The molecule has 1 saturated heterocycles. The van der Waals surface area contributed by atoms with Crippen molar-refractivity contribution >= 4 is 76.7 Å². The van der Waals surface area contributed by atoms with Crippen LogP contribution < -0.4 is 54.4 Å². The van der Waals surface area contributed by atoms with Crippen molar-refractivity contribution in [3.8, 4) is 0 Å². The first-order chi connectivity index (χ1) is 32.1. The Bertz CT molecular complexity index is 1920. The van der Waals surface area contributed by atoms with Gasteiger partial charge in [0, 0.05) is 38.2 Å². The summed E-state index contributed by atoms with van der Waals surface area (Å²) in [5.41, 5.74) is 16.8. The van der Waals surface area contributed by atoms with Gasteiger partial charge in [-0.1, -0.05) is 64.4 Å². The van der Waals surface area contributed by atoms with Crippen molar-refractivity contribution < 1.29 is 57.8 Å². The summed E-state index contributed by atoms with van der Waals surface area (Å²) in [6.45, 7) is 5.29. The molecule has 0 saturated carbocycles. The molecule has 2 rings (SSSR count). The van der Waals surface area contributed by atoms with E-state index in [2.05, 4.69) is 37.2 Å². The van der Waals surface area contributed by atoms with E-state index in [4.69, 9.17) is 17.2 Å². The fourth-order valence-electron chi connectivity index (χ4n) is 6.94. The number of amides is 11. The predicted octanol–water partition coefficient (Wildman–Crippen LogP) is -3.29. The second-order valence-electron chi connectivity index (χ2n) is 17.0. The van der Waals surface area contributed by atoms with Crippen molar-refractivity contribution in [2.75, 3.05) is 37.7 Å². The van der Waals surface area contributed by atoms with Crippen molar-refractivity contribution in [3.63, 3.8) is 0 Å². The van der Waals surface area contributed by atoms with Crippen molar-refractivity contribution in [2.45, 2.75) is 122 Å². The number of hydrogen-bond donors (Lipinski definition) is 11. The van der Waals surface area contributed by atoms with Crippen molar-refractivity contribution in [1.29, 1.82) is 0 Å². The first kappa shape index (κ1) is 57.8. The molecule has 0 aromatic heterocycles. The number of nitrogens with one attached hydrogen (secondary N) is 7. The first-order valence-electron chi connectivity index (χ1n) is 22.6. The second kappa shape index (κ2) is 30.2. The molecule has 1 aliphatic heterocycles. The van der Waals surface area contributed by atoms with E-state index in [1.807, 2.05) is 0 Å².